The molecule has 1 aromatic carbocycles. The van der Waals surface area contributed by atoms with Crippen molar-refractivity contribution < 1.29 is 18.8 Å². The lowest BCUT2D eigenvalue weighted by Crippen LogP contribution is -2.08. The van der Waals surface area contributed by atoms with E-state index in [2.05, 4.69) is 5.16 Å². The van der Waals surface area contributed by atoms with Crippen molar-refractivity contribution in [3.05, 3.63) is 64.1 Å². The number of aromatic nitrogens is 1. The summed E-state index contributed by atoms with van der Waals surface area (Å²) >= 11 is 7.32. The van der Waals surface area contributed by atoms with Crippen LogP contribution in [0.2, 0.25) is 5.02 Å². The molecule has 7 heteroatoms. The van der Waals surface area contributed by atoms with Crippen LogP contribution in [-0.2, 0) is 16.1 Å². The van der Waals surface area contributed by atoms with E-state index < -0.39 is 5.97 Å². The average Bonchev–Trinajstić information content (AvgIpc) is 3.29. The molecule has 0 aliphatic heterocycles. The second kappa shape index (κ2) is 8.09. The minimum atomic E-state index is -0.456. The van der Waals surface area contributed by atoms with Crippen LogP contribution in [0.1, 0.15) is 28.9 Å². The van der Waals surface area contributed by atoms with E-state index in [1.165, 1.54) is 11.3 Å². The van der Waals surface area contributed by atoms with Gasteiger partial charge in [0.15, 0.2) is 11.5 Å². The van der Waals surface area contributed by atoms with Crippen molar-refractivity contribution in [3.63, 3.8) is 0 Å². The zero-order valence-electron chi connectivity index (χ0n) is 13.1. The summed E-state index contributed by atoms with van der Waals surface area (Å²) in [6.07, 6.45) is 0.0941. The lowest BCUT2D eigenvalue weighted by atomic mass is 10.1. The van der Waals surface area contributed by atoms with Crippen LogP contribution >= 0.6 is 22.9 Å². The Morgan fingerprint density at radius 1 is 1.16 bits per heavy atom. The van der Waals surface area contributed by atoms with Crippen LogP contribution in [0, 0.1) is 0 Å². The molecular formula is C18H14ClNO4S. The van der Waals surface area contributed by atoms with Gasteiger partial charge in [-0.1, -0.05) is 22.8 Å². The number of nitrogens with zero attached hydrogens (tertiary/aromatic N) is 1. The molecule has 0 unspecified atom stereocenters. The minimum absolute atomic E-state index is 0.0110. The molecule has 0 N–H and O–H groups in total. The molecule has 2 aromatic heterocycles. The zero-order valence-corrected chi connectivity index (χ0v) is 14.7. The number of hydrogen-bond donors (Lipinski definition) is 0. The first kappa shape index (κ1) is 17.4. The Labute approximate surface area is 153 Å². The Kier molecular flexibility index (Phi) is 5.63. The van der Waals surface area contributed by atoms with Gasteiger partial charge in [-0.25, -0.2) is 0 Å². The summed E-state index contributed by atoms with van der Waals surface area (Å²) in [6.45, 7) is 0.0167. The lowest BCUT2D eigenvalue weighted by Gasteiger charge is -2.03. The summed E-state index contributed by atoms with van der Waals surface area (Å²) < 4.78 is 10.3. The number of thiophene rings is 1. The van der Waals surface area contributed by atoms with E-state index in [9.17, 15) is 9.59 Å². The van der Waals surface area contributed by atoms with E-state index in [1.807, 2.05) is 17.5 Å². The molecule has 3 rings (SSSR count). The third kappa shape index (κ3) is 4.78. The summed E-state index contributed by atoms with van der Waals surface area (Å²) in [7, 11) is 0. The predicted octanol–water partition coefficient (Wildman–Crippen LogP) is 4.76. The maximum Gasteiger partial charge on any atom is 0.306 e. The Bertz CT molecular complexity index is 856. The van der Waals surface area contributed by atoms with Crippen molar-refractivity contribution in [3.8, 4) is 10.6 Å². The minimum Gasteiger partial charge on any atom is -0.459 e. The van der Waals surface area contributed by atoms with Crippen molar-refractivity contribution in [2.75, 3.05) is 0 Å². The number of halogens is 1. The highest BCUT2D eigenvalue weighted by Gasteiger charge is 2.12. The third-order valence-electron chi connectivity index (χ3n) is 3.43. The molecule has 0 aliphatic carbocycles. The van der Waals surface area contributed by atoms with E-state index >= 15 is 0 Å². The number of Topliss-reactive ketones (excluding diaryl/α,β-unsaturated/α-hetero) is 1. The van der Waals surface area contributed by atoms with Crippen molar-refractivity contribution in [1.29, 1.82) is 0 Å². The fourth-order valence-electron chi connectivity index (χ4n) is 2.14. The van der Waals surface area contributed by atoms with Crippen LogP contribution < -0.4 is 0 Å². The summed E-state index contributed by atoms with van der Waals surface area (Å²) in [4.78, 5) is 24.7. The maximum absolute atomic E-state index is 12.0. The second-order valence-corrected chi connectivity index (χ2v) is 6.63. The van der Waals surface area contributed by atoms with Gasteiger partial charge in [0.2, 0.25) is 0 Å². The number of ether oxygens (including phenoxy) is 1. The molecule has 0 radical (unpaired) electrons. The van der Waals surface area contributed by atoms with Gasteiger partial charge in [0.25, 0.3) is 0 Å². The highest BCUT2D eigenvalue weighted by Crippen LogP contribution is 2.25. The van der Waals surface area contributed by atoms with Crippen LogP contribution in [0.3, 0.4) is 0 Å². The number of rotatable bonds is 7. The normalized spacial score (nSPS) is 10.6. The first-order valence-corrected chi connectivity index (χ1v) is 8.81. The van der Waals surface area contributed by atoms with Crippen molar-refractivity contribution >= 4 is 34.7 Å². The lowest BCUT2D eigenvalue weighted by molar-refractivity contribution is -0.145. The molecule has 0 atom stereocenters. The topological polar surface area (TPSA) is 69.4 Å². The molecule has 25 heavy (non-hydrogen) atoms. The van der Waals surface area contributed by atoms with Crippen molar-refractivity contribution in [2.45, 2.75) is 19.4 Å². The standard InChI is InChI=1S/C18H14ClNO4S/c19-13-5-3-12(4-6-13)15(21)7-8-18(22)23-11-14-10-16(24-20-14)17-2-1-9-25-17/h1-6,9-10H,7-8,11H2. The fraction of sp³-hybridized carbons (Fsp3) is 0.167. The fourth-order valence-corrected chi connectivity index (χ4v) is 2.94. The summed E-state index contributed by atoms with van der Waals surface area (Å²) in [5.74, 6) is 0.0528. The summed E-state index contributed by atoms with van der Waals surface area (Å²) in [5, 5.41) is 6.37. The molecule has 5 nitrogen and oxygen atoms in total. The van der Waals surface area contributed by atoms with Crippen LogP contribution in [0.25, 0.3) is 10.6 Å². The zero-order chi connectivity index (χ0) is 17.6. The molecule has 0 fully saturated rings. The van der Waals surface area contributed by atoms with Gasteiger partial charge in [-0.15, -0.1) is 11.3 Å². The molecule has 3 aromatic rings. The monoisotopic (exact) mass is 375 g/mol. The van der Waals surface area contributed by atoms with E-state index in [1.54, 1.807) is 30.3 Å². The van der Waals surface area contributed by atoms with Gasteiger partial charge in [0.1, 0.15) is 12.3 Å². The summed E-state index contributed by atoms with van der Waals surface area (Å²) in [6, 6.07) is 12.1. The number of carbonyl (C=O) groups excluding carboxylic acids is 2. The summed E-state index contributed by atoms with van der Waals surface area (Å²) in [5.41, 5.74) is 1.05. The van der Waals surface area contributed by atoms with E-state index in [0.29, 0.717) is 22.0 Å². The number of esters is 1. The van der Waals surface area contributed by atoms with Crippen LogP contribution in [0.4, 0.5) is 0 Å². The average molecular weight is 376 g/mol. The van der Waals surface area contributed by atoms with Gasteiger partial charge in [-0.2, -0.15) is 0 Å². The van der Waals surface area contributed by atoms with Crippen LogP contribution in [-0.4, -0.2) is 16.9 Å². The Morgan fingerprint density at radius 3 is 2.68 bits per heavy atom. The number of carbonyl (C=O) groups is 2. The molecule has 128 valence electrons. The SMILES string of the molecule is O=C(CCC(=O)c1ccc(Cl)cc1)OCc1cc(-c2cccs2)on1. The molecule has 0 saturated carbocycles. The predicted molar refractivity (Wildman–Crippen MR) is 94.6 cm³/mol. The van der Waals surface area contributed by atoms with E-state index in [4.69, 9.17) is 20.9 Å². The van der Waals surface area contributed by atoms with Gasteiger partial charge in [0, 0.05) is 23.1 Å². The Hall–Kier alpha value is -2.44. The highest BCUT2D eigenvalue weighted by atomic mass is 35.5. The number of ketones is 1. The first-order valence-electron chi connectivity index (χ1n) is 7.55. The van der Waals surface area contributed by atoms with Gasteiger partial charge < -0.3 is 9.26 Å². The number of benzene rings is 1. The number of hydrogen-bond acceptors (Lipinski definition) is 6. The first-order chi connectivity index (χ1) is 12.1. The van der Waals surface area contributed by atoms with Gasteiger partial charge in [-0.05, 0) is 35.7 Å². The quantitative estimate of drug-likeness (QED) is 0.439. The van der Waals surface area contributed by atoms with Crippen LogP contribution in [0.5, 0.6) is 0 Å². The third-order valence-corrected chi connectivity index (χ3v) is 4.56. The Morgan fingerprint density at radius 2 is 1.96 bits per heavy atom. The molecular weight excluding hydrogens is 362 g/mol. The smallest absolute Gasteiger partial charge is 0.306 e. The molecule has 2 heterocycles. The highest BCUT2D eigenvalue weighted by molar-refractivity contribution is 7.13. The van der Waals surface area contributed by atoms with Gasteiger partial charge in [0.05, 0.1) is 11.3 Å². The molecule has 0 amide bonds. The molecule has 0 saturated heterocycles. The largest absolute Gasteiger partial charge is 0.459 e. The van der Waals surface area contributed by atoms with Crippen molar-refractivity contribution in [1.82, 2.24) is 5.16 Å². The van der Waals surface area contributed by atoms with Crippen LogP contribution in [0.15, 0.2) is 52.4 Å². The molecule has 0 aliphatic rings. The van der Waals surface area contributed by atoms with Gasteiger partial charge >= 0.3 is 5.97 Å². The molecule has 0 spiro atoms. The Balaban J connectivity index is 1.45. The maximum atomic E-state index is 12.0. The van der Waals surface area contributed by atoms with E-state index in [0.717, 1.165) is 4.88 Å². The second-order valence-electron chi connectivity index (χ2n) is 5.25. The van der Waals surface area contributed by atoms with E-state index in [-0.39, 0.29) is 25.2 Å². The molecule has 0 bridgehead atoms. The van der Waals surface area contributed by atoms with Crippen molar-refractivity contribution in [2.24, 2.45) is 0 Å². The van der Waals surface area contributed by atoms with Gasteiger partial charge in [-0.3, -0.25) is 9.59 Å².